The van der Waals surface area contributed by atoms with E-state index in [-0.39, 0.29) is 0 Å². The standard InChI is InChI=1S/C16H26N2/c1-13(2)11-18-12-16(17-10-9-14(18)3)15-7-5-4-6-8-15/h4-8,13-14,16-17H,9-12H2,1-3H3. The summed E-state index contributed by atoms with van der Waals surface area (Å²) < 4.78 is 0. The lowest BCUT2D eigenvalue weighted by atomic mass is 10.1. The lowest BCUT2D eigenvalue weighted by Crippen LogP contribution is -2.38. The van der Waals surface area contributed by atoms with E-state index < -0.39 is 0 Å². The maximum atomic E-state index is 3.69. The van der Waals surface area contributed by atoms with Crippen molar-refractivity contribution in [2.45, 2.75) is 39.3 Å². The van der Waals surface area contributed by atoms with Crippen LogP contribution in [0.4, 0.5) is 0 Å². The van der Waals surface area contributed by atoms with E-state index in [2.05, 4.69) is 61.3 Å². The van der Waals surface area contributed by atoms with Crippen LogP contribution in [0.2, 0.25) is 0 Å². The fourth-order valence-electron chi connectivity index (χ4n) is 2.76. The van der Waals surface area contributed by atoms with Gasteiger partial charge in [0, 0.05) is 25.2 Å². The van der Waals surface area contributed by atoms with Gasteiger partial charge in [0.05, 0.1) is 0 Å². The summed E-state index contributed by atoms with van der Waals surface area (Å²) in [7, 11) is 0. The molecular weight excluding hydrogens is 220 g/mol. The largest absolute Gasteiger partial charge is 0.309 e. The predicted molar refractivity (Wildman–Crippen MR) is 77.7 cm³/mol. The van der Waals surface area contributed by atoms with Crippen LogP contribution in [0.3, 0.4) is 0 Å². The van der Waals surface area contributed by atoms with Gasteiger partial charge in [0.2, 0.25) is 0 Å². The van der Waals surface area contributed by atoms with Crippen molar-refractivity contribution in [2.75, 3.05) is 19.6 Å². The molecule has 1 N–H and O–H groups in total. The van der Waals surface area contributed by atoms with Crippen LogP contribution in [0, 0.1) is 5.92 Å². The number of nitrogens with zero attached hydrogens (tertiary/aromatic N) is 1. The van der Waals surface area contributed by atoms with Gasteiger partial charge in [-0.05, 0) is 31.4 Å². The molecule has 18 heavy (non-hydrogen) atoms. The predicted octanol–water partition coefficient (Wildman–Crippen LogP) is 3.07. The van der Waals surface area contributed by atoms with Crippen LogP contribution < -0.4 is 5.32 Å². The molecule has 0 amide bonds. The molecule has 1 fully saturated rings. The molecule has 0 aromatic heterocycles. The average molecular weight is 246 g/mol. The summed E-state index contributed by atoms with van der Waals surface area (Å²) in [6, 6.07) is 12.0. The Labute approximate surface area is 111 Å². The molecule has 0 spiro atoms. The summed E-state index contributed by atoms with van der Waals surface area (Å²) in [4.78, 5) is 2.64. The van der Waals surface area contributed by atoms with Crippen LogP contribution in [-0.2, 0) is 0 Å². The zero-order valence-corrected chi connectivity index (χ0v) is 11.9. The Morgan fingerprint density at radius 3 is 2.67 bits per heavy atom. The number of hydrogen-bond acceptors (Lipinski definition) is 2. The van der Waals surface area contributed by atoms with E-state index >= 15 is 0 Å². The Morgan fingerprint density at radius 1 is 1.28 bits per heavy atom. The highest BCUT2D eigenvalue weighted by Crippen LogP contribution is 2.20. The topological polar surface area (TPSA) is 15.3 Å². The van der Waals surface area contributed by atoms with Crippen molar-refractivity contribution in [3.63, 3.8) is 0 Å². The Kier molecular flexibility index (Phi) is 4.79. The van der Waals surface area contributed by atoms with Crippen molar-refractivity contribution >= 4 is 0 Å². The SMILES string of the molecule is CC(C)CN1CC(c2ccccc2)NCCC1C. The molecule has 1 aliphatic rings. The maximum Gasteiger partial charge on any atom is 0.0449 e. The zero-order chi connectivity index (χ0) is 13.0. The highest BCUT2D eigenvalue weighted by atomic mass is 15.2. The molecule has 1 aromatic rings. The Morgan fingerprint density at radius 2 is 2.00 bits per heavy atom. The first-order valence-electron chi connectivity index (χ1n) is 7.19. The Hall–Kier alpha value is -0.860. The van der Waals surface area contributed by atoms with Crippen LogP contribution in [0.25, 0.3) is 0 Å². The fourth-order valence-corrected chi connectivity index (χ4v) is 2.76. The molecule has 0 radical (unpaired) electrons. The van der Waals surface area contributed by atoms with E-state index in [0.29, 0.717) is 12.1 Å². The van der Waals surface area contributed by atoms with Gasteiger partial charge in [0.1, 0.15) is 0 Å². The van der Waals surface area contributed by atoms with Gasteiger partial charge in [0.25, 0.3) is 0 Å². The first-order valence-corrected chi connectivity index (χ1v) is 7.19. The third kappa shape index (κ3) is 3.56. The number of rotatable bonds is 3. The monoisotopic (exact) mass is 246 g/mol. The summed E-state index contributed by atoms with van der Waals surface area (Å²) in [6.45, 7) is 10.4. The molecule has 1 saturated heterocycles. The van der Waals surface area contributed by atoms with Crippen molar-refractivity contribution in [3.8, 4) is 0 Å². The molecule has 0 saturated carbocycles. The van der Waals surface area contributed by atoms with Gasteiger partial charge >= 0.3 is 0 Å². The van der Waals surface area contributed by atoms with E-state index in [1.165, 1.54) is 18.5 Å². The van der Waals surface area contributed by atoms with Gasteiger partial charge in [-0.2, -0.15) is 0 Å². The molecule has 1 aromatic carbocycles. The number of nitrogens with one attached hydrogen (secondary N) is 1. The average Bonchev–Trinajstić information content (AvgIpc) is 2.53. The van der Waals surface area contributed by atoms with Crippen molar-refractivity contribution in [2.24, 2.45) is 5.92 Å². The number of hydrogen-bond donors (Lipinski definition) is 1. The van der Waals surface area contributed by atoms with Crippen LogP contribution in [0.15, 0.2) is 30.3 Å². The van der Waals surface area contributed by atoms with E-state index in [9.17, 15) is 0 Å². The van der Waals surface area contributed by atoms with Crippen molar-refractivity contribution in [1.29, 1.82) is 0 Å². The lowest BCUT2D eigenvalue weighted by molar-refractivity contribution is 0.183. The molecule has 1 aliphatic heterocycles. The van der Waals surface area contributed by atoms with Crippen LogP contribution in [0.1, 0.15) is 38.8 Å². The second-order valence-electron chi connectivity index (χ2n) is 5.90. The minimum absolute atomic E-state index is 0.481. The van der Waals surface area contributed by atoms with Crippen LogP contribution >= 0.6 is 0 Å². The molecule has 2 rings (SSSR count). The second-order valence-corrected chi connectivity index (χ2v) is 5.90. The molecule has 1 heterocycles. The fraction of sp³-hybridized carbons (Fsp3) is 0.625. The minimum Gasteiger partial charge on any atom is -0.309 e. The van der Waals surface area contributed by atoms with Crippen LogP contribution in [-0.4, -0.2) is 30.6 Å². The van der Waals surface area contributed by atoms with Gasteiger partial charge < -0.3 is 5.32 Å². The third-order valence-corrected chi connectivity index (χ3v) is 3.79. The quantitative estimate of drug-likeness (QED) is 0.882. The summed E-state index contributed by atoms with van der Waals surface area (Å²) in [5, 5.41) is 3.69. The number of benzene rings is 1. The van der Waals surface area contributed by atoms with Gasteiger partial charge in [0.15, 0.2) is 0 Å². The van der Waals surface area contributed by atoms with Gasteiger partial charge in [-0.15, -0.1) is 0 Å². The molecule has 2 atom stereocenters. The van der Waals surface area contributed by atoms with E-state index in [1.54, 1.807) is 0 Å². The molecule has 2 heteroatoms. The second kappa shape index (κ2) is 6.35. The van der Waals surface area contributed by atoms with Gasteiger partial charge in [-0.1, -0.05) is 44.2 Å². The van der Waals surface area contributed by atoms with Crippen molar-refractivity contribution in [3.05, 3.63) is 35.9 Å². The summed E-state index contributed by atoms with van der Waals surface area (Å²) >= 11 is 0. The molecule has 0 bridgehead atoms. The lowest BCUT2D eigenvalue weighted by Gasteiger charge is -2.30. The maximum absolute atomic E-state index is 3.69. The molecular formula is C16H26N2. The first kappa shape index (κ1) is 13.6. The molecule has 0 aliphatic carbocycles. The summed E-state index contributed by atoms with van der Waals surface area (Å²) in [5.74, 6) is 0.738. The molecule has 100 valence electrons. The summed E-state index contributed by atoms with van der Waals surface area (Å²) in [5.41, 5.74) is 1.42. The van der Waals surface area contributed by atoms with Crippen molar-refractivity contribution in [1.82, 2.24) is 10.2 Å². The third-order valence-electron chi connectivity index (χ3n) is 3.79. The Bertz CT molecular complexity index is 347. The molecule has 2 nitrogen and oxygen atoms in total. The smallest absolute Gasteiger partial charge is 0.0449 e. The van der Waals surface area contributed by atoms with E-state index in [4.69, 9.17) is 0 Å². The van der Waals surface area contributed by atoms with E-state index in [1.807, 2.05) is 0 Å². The normalized spacial score (nSPS) is 26.2. The van der Waals surface area contributed by atoms with E-state index in [0.717, 1.165) is 19.0 Å². The zero-order valence-electron chi connectivity index (χ0n) is 11.9. The van der Waals surface area contributed by atoms with Gasteiger partial charge in [-0.3, -0.25) is 4.90 Å². The first-order chi connectivity index (χ1) is 8.66. The summed E-state index contributed by atoms with van der Waals surface area (Å²) in [6.07, 6.45) is 1.25. The highest BCUT2D eigenvalue weighted by molar-refractivity contribution is 5.19. The Balaban J connectivity index is 2.08. The van der Waals surface area contributed by atoms with Gasteiger partial charge in [-0.25, -0.2) is 0 Å². The minimum atomic E-state index is 0.481. The van der Waals surface area contributed by atoms with Crippen LogP contribution in [0.5, 0.6) is 0 Å². The van der Waals surface area contributed by atoms with Crippen molar-refractivity contribution < 1.29 is 0 Å². The highest BCUT2D eigenvalue weighted by Gasteiger charge is 2.23. The molecule has 2 unspecified atom stereocenters.